The molecule has 21 heavy (non-hydrogen) atoms. The first-order chi connectivity index (χ1) is 10.2. The van der Waals surface area contributed by atoms with Gasteiger partial charge in [-0.2, -0.15) is 0 Å². The standard InChI is InChI=1S/C17H22N2O2/c1-12-4-3-7-19(10-12)11-17(20)15-9-18-16-6-5-13(21-2)8-14(15)16/h5-6,8-9,12,18H,3-4,7,10-11H2,1-2H3/p+1/t12-/m1/s1. The summed E-state index contributed by atoms with van der Waals surface area (Å²) < 4.78 is 5.26. The van der Waals surface area contributed by atoms with Crippen LogP contribution in [0.2, 0.25) is 0 Å². The Bertz CT molecular complexity index is 647. The number of carbonyl (C=O) groups is 1. The molecule has 0 saturated carbocycles. The summed E-state index contributed by atoms with van der Waals surface area (Å²) in [7, 11) is 1.65. The van der Waals surface area contributed by atoms with Gasteiger partial charge in [0.2, 0.25) is 5.78 Å². The van der Waals surface area contributed by atoms with Crippen LogP contribution in [-0.2, 0) is 0 Å². The second-order valence-corrected chi connectivity index (χ2v) is 6.17. The summed E-state index contributed by atoms with van der Waals surface area (Å²) in [6.45, 7) is 5.09. The predicted molar refractivity (Wildman–Crippen MR) is 83.1 cm³/mol. The van der Waals surface area contributed by atoms with E-state index in [0.29, 0.717) is 6.54 Å². The molecule has 0 spiro atoms. The Hall–Kier alpha value is -1.81. The van der Waals surface area contributed by atoms with Gasteiger partial charge in [-0.25, -0.2) is 0 Å². The highest BCUT2D eigenvalue weighted by atomic mass is 16.5. The number of benzene rings is 1. The lowest BCUT2D eigenvalue weighted by Crippen LogP contribution is -3.14. The van der Waals surface area contributed by atoms with Gasteiger partial charge in [-0.05, 0) is 31.0 Å². The summed E-state index contributed by atoms with van der Waals surface area (Å²) in [4.78, 5) is 17.2. The number of aromatic nitrogens is 1. The molecule has 112 valence electrons. The molecule has 2 N–H and O–H groups in total. The van der Waals surface area contributed by atoms with Gasteiger partial charge in [0.1, 0.15) is 12.3 Å². The summed E-state index contributed by atoms with van der Waals surface area (Å²) in [6, 6.07) is 5.80. The van der Waals surface area contributed by atoms with Gasteiger partial charge >= 0.3 is 0 Å². The topological polar surface area (TPSA) is 46.5 Å². The Morgan fingerprint density at radius 3 is 3.10 bits per heavy atom. The van der Waals surface area contributed by atoms with Crippen molar-refractivity contribution in [1.29, 1.82) is 0 Å². The second kappa shape index (κ2) is 5.90. The molecule has 0 bridgehead atoms. The molecule has 0 amide bonds. The van der Waals surface area contributed by atoms with Crippen LogP contribution in [0.5, 0.6) is 5.75 Å². The van der Waals surface area contributed by atoms with E-state index >= 15 is 0 Å². The number of ketones is 1. The fraction of sp³-hybridized carbons (Fsp3) is 0.471. The lowest BCUT2D eigenvalue weighted by atomic mass is 9.99. The SMILES string of the molecule is COc1ccc2[nH]cc(C(=O)C[NH+]3CCC[C@@H](C)C3)c2c1. The molecule has 1 aliphatic rings. The number of rotatable bonds is 4. The number of carbonyl (C=O) groups excluding carboxylic acids is 1. The first kappa shape index (κ1) is 14.1. The van der Waals surface area contributed by atoms with E-state index in [1.165, 1.54) is 17.7 Å². The molecule has 1 aromatic carbocycles. The van der Waals surface area contributed by atoms with Gasteiger partial charge < -0.3 is 14.6 Å². The maximum Gasteiger partial charge on any atom is 0.219 e. The van der Waals surface area contributed by atoms with Gasteiger partial charge in [-0.1, -0.05) is 6.92 Å². The number of aromatic amines is 1. The Balaban J connectivity index is 1.80. The zero-order valence-corrected chi connectivity index (χ0v) is 12.7. The number of likely N-dealkylation sites (tertiary alicyclic amines) is 1. The van der Waals surface area contributed by atoms with Crippen LogP contribution in [0.3, 0.4) is 0 Å². The number of H-pyrrole nitrogens is 1. The quantitative estimate of drug-likeness (QED) is 0.840. The van der Waals surface area contributed by atoms with Crippen LogP contribution >= 0.6 is 0 Å². The van der Waals surface area contributed by atoms with E-state index in [0.717, 1.165) is 41.2 Å². The molecule has 2 aromatic rings. The number of hydrogen-bond donors (Lipinski definition) is 2. The first-order valence-corrected chi connectivity index (χ1v) is 7.69. The van der Waals surface area contributed by atoms with Crippen LogP contribution in [0.1, 0.15) is 30.1 Å². The number of piperidine rings is 1. The molecule has 0 aliphatic carbocycles. The van der Waals surface area contributed by atoms with E-state index in [9.17, 15) is 4.79 Å². The minimum Gasteiger partial charge on any atom is -0.497 e. The predicted octanol–water partition coefficient (Wildman–Crippen LogP) is 1.67. The van der Waals surface area contributed by atoms with E-state index in [-0.39, 0.29) is 5.78 Å². The number of nitrogens with one attached hydrogen (secondary N) is 2. The van der Waals surface area contributed by atoms with Crippen LogP contribution in [0.25, 0.3) is 10.9 Å². The van der Waals surface area contributed by atoms with Crippen molar-refractivity contribution in [3.63, 3.8) is 0 Å². The minimum atomic E-state index is 0.221. The third kappa shape index (κ3) is 2.95. The van der Waals surface area contributed by atoms with Crippen molar-refractivity contribution in [1.82, 2.24) is 4.98 Å². The van der Waals surface area contributed by atoms with Crippen LogP contribution < -0.4 is 9.64 Å². The Morgan fingerprint density at radius 1 is 1.48 bits per heavy atom. The highest BCUT2D eigenvalue weighted by Crippen LogP contribution is 2.23. The van der Waals surface area contributed by atoms with Gasteiger partial charge in [0.25, 0.3) is 0 Å². The van der Waals surface area contributed by atoms with Gasteiger partial charge in [0, 0.05) is 28.6 Å². The van der Waals surface area contributed by atoms with E-state index in [1.807, 2.05) is 24.4 Å². The molecule has 1 aromatic heterocycles. The molecule has 3 rings (SSSR count). The fourth-order valence-electron chi connectivity index (χ4n) is 3.34. The third-order valence-corrected chi connectivity index (χ3v) is 4.46. The maximum atomic E-state index is 12.6. The molecule has 1 aliphatic heterocycles. The molecular formula is C17H23N2O2+. The zero-order chi connectivity index (χ0) is 14.8. The van der Waals surface area contributed by atoms with Crippen molar-refractivity contribution >= 4 is 16.7 Å². The summed E-state index contributed by atoms with van der Waals surface area (Å²) in [5.41, 5.74) is 1.77. The van der Waals surface area contributed by atoms with Crippen molar-refractivity contribution in [2.45, 2.75) is 19.8 Å². The zero-order valence-electron chi connectivity index (χ0n) is 12.7. The largest absolute Gasteiger partial charge is 0.497 e. The Labute approximate surface area is 125 Å². The van der Waals surface area contributed by atoms with Crippen LogP contribution in [-0.4, -0.2) is 37.5 Å². The van der Waals surface area contributed by atoms with Gasteiger partial charge in [-0.3, -0.25) is 4.79 Å². The summed E-state index contributed by atoms with van der Waals surface area (Å²) >= 11 is 0. The number of methoxy groups -OCH3 is 1. The van der Waals surface area contributed by atoms with E-state index < -0.39 is 0 Å². The lowest BCUT2D eigenvalue weighted by Gasteiger charge is -2.27. The summed E-state index contributed by atoms with van der Waals surface area (Å²) in [6.07, 6.45) is 4.35. The molecule has 0 radical (unpaired) electrons. The minimum absolute atomic E-state index is 0.221. The van der Waals surface area contributed by atoms with Crippen molar-refractivity contribution in [3.05, 3.63) is 30.0 Å². The second-order valence-electron chi connectivity index (χ2n) is 6.17. The lowest BCUT2D eigenvalue weighted by molar-refractivity contribution is -0.900. The normalized spacial score (nSPS) is 22.4. The van der Waals surface area contributed by atoms with Crippen molar-refractivity contribution in [2.75, 3.05) is 26.7 Å². The Kier molecular flexibility index (Phi) is 3.97. The number of Topliss-reactive ketones (excluding diaryl/α,β-unsaturated/α-hetero) is 1. The number of hydrogen-bond acceptors (Lipinski definition) is 2. The molecule has 1 fully saturated rings. The van der Waals surface area contributed by atoms with Crippen molar-refractivity contribution in [2.24, 2.45) is 5.92 Å². The molecule has 4 nitrogen and oxygen atoms in total. The molecule has 2 atom stereocenters. The van der Waals surface area contributed by atoms with Gasteiger partial charge in [0.15, 0.2) is 0 Å². The van der Waals surface area contributed by atoms with Gasteiger partial charge in [-0.15, -0.1) is 0 Å². The first-order valence-electron chi connectivity index (χ1n) is 7.69. The van der Waals surface area contributed by atoms with E-state index in [4.69, 9.17) is 4.74 Å². The molecule has 4 heteroatoms. The van der Waals surface area contributed by atoms with Crippen molar-refractivity contribution < 1.29 is 14.4 Å². The highest BCUT2D eigenvalue weighted by molar-refractivity contribution is 6.08. The molecule has 2 heterocycles. The van der Waals surface area contributed by atoms with Crippen LogP contribution in [0.15, 0.2) is 24.4 Å². The molecular weight excluding hydrogens is 264 g/mol. The highest BCUT2D eigenvalue weighted by Gasteiger charge is 2.23. The number of fused-ring (bicyclic) bond motifs is 1. The maximum absolute atomic E-state index is 12.6. The van der Waals surface area contributed by atoms with E-state index in [1.54, 1.807) is 7.11 Å². The monoisotopic (exact) mass is 287 g/mol. The third-order valence-electron chi connectivity index (χ3n) is 4.46. The van der Waals surface area contributed by atoms with Crippen LogP contribution in [0.4, 0.5) is 0 Å². The number of quaternary nitrogens is 1. The van der Waals surface area contributed by atoms with Crippen LogP contribution in [0, 0.1) is 5.92 Å². The summed E-state index contributed by atoms with van der Waals surface area (Å²) in [5.74, 6) is 1.73. The van der Waals surface area contributed by atoms with Crippen molar-refractivity contribution in [3.8, 4) is 5.75 Å². The van der Waals surface area contributed by atoms with Gasteiger partial charge in [0.05, 0.1) is 20.2 Å². The summed E-state index contributed by atoms with van der Waals surface area (Å²) in [5, 5.41) is 0.962. The fourth-order valence-corrected chi connectivity index (χ4v) is 3.34. The average Bonchev–Trinajstić information content (AvgIpc) is 2.90. The molecule has 1 saturated heterocycles. The number of ether oxygens (including phenoxy) is 1. The molecule has 1 unspecified atom stereocenters. The Morgan fingerprint density at radius 2 is 2.33 bits per heavy atom. The van der Waals surface area contributed by atoms with E-state index in [2.05, 4.69) is 11.9 Å². The average molecular weight is 287 g/mol. The smallest absolute Gasteiger partial charge is 0.219 e.